The fourth-order valence-corrected chi connectivity index (χ4v) is 3.98. The Labute approximate surface area is 133 Å². The Balaban J connectivity index is 2.04. The number of hydrogen-bond acceptors (Lipinski definition) is 3. The molecule has 1 aromatic carbocycles. The molecule has 0 aliphatic carbocycles. The van der Waals surface area contributed by atoms with E-state index in [4.69, 9.17) is 4.74 Å². The topological polar surface area (TPSA) is 21.3 Å². The Hall–Kier alpha value is -0.840. The second kappa shape index (κ2) is 7.81. The quantitative estimate of drug-likeness (QED) is 0.807. The summed E-state index contributed by atoms with van der Waals surface area (Å²) in [6.45, 7) is 1.02. The number of rotatable bonds is 7. The summed E-state index contributed by atoms with van der Waals surface area (Å²) in [4.78, 5) is 1.43. The summed E-state index contributed by atoms with van der Waals surface area (Å²) in [7, 11) is 3.73. The van der Waals surface area contributed by atoms with Gasteiger partial charge in [-0.2, -0.15) is 0 Å². The number of nitrogens with one attached hydrogen (secondary N) is 1. The lowest BCUT2D eigenvalue weighted by Crippen LogP contribution is -2.22. The van der Waals surface area contributed by atoms with Crippen LogP contribution < -0.4 is 10.1 Å². The first kappa shape index (κ1) is 15.5. The lowest BCUT2D eigenvalue weighted by molar-refractivity contribution is 0.413. The van der Waals surface area contributed by atoms with Crippen LogP contribution in [0, 0.1) is 5.92 Å². The fourth-order valence-electron chi connectivity index (χ4n) is 2.38. The van der Waals surface area contributed by atoms with Crippen molar-refractivity contribution in [2.24, 2.45) is 5.92 Å². The van der Waals surface area contributed by atoms with Crippen LogP contribution in [0.25, 0.3) is 0 Å². The highest BCUT2D eigenvalue weighted by Gasteiger charge is 2.12. The first-order chi connectivity index (χ1) is 9.71. The van der Waals surface area contributed by atoms with Crippen molar-refractivity contribution in [2.45, 2.75) is 12.8 Å². The molecule has 0 saturated heterocycles. The van der Waals surface area contributed by atoms with E-state index < -0.39 is 0 Å². The molecule has 4 heteroatoms. The van der Waals surface area contributed by atoms with E-state index in [2.05, 4.69) is 51.6 Å². The van der Waals surface area contributed by atoms with Crippen molar-refractivity contribution in [3.05, 3.63) is 50.6 Å². The summed E-state index contributed by atoms with van der Waals surface area (Å²) in [6, 6.07) is 12.7. The van der Waals surface area contributed by atoms with Crippen LogP contribution in [0.4, 0.5) is 0 Å². The Morgan fingerprint density at radius 3 is 2.75 bits per heavy atom. The monoisotopic (exact) mass is 353 g/mol. The van der Waals surface area contributed by atoms with Crippen LogP contribution in [0.5, 0.6) is 5.75 Å². The van der Waals surface area contributed by atoms with Crippen LogP contribution in [0.15, 0.2) is 40.2 Å². The van der Waals surface area contributed by atoms with Gasteiger partial charge < -0.3 is 10.1 Å². The van der Waals surface area contributed by atoms with Crippen LogP contribution in [-0.4, -0.2) is 20.7 Å². The second-order valence-electron chi connectivity index (χ2n) is 4.89. The van der Waals surface area contributed by atoms with E-state index in [1.165, 1.54) is 14.2 Å². The fraction of sp³-hybridized carbons (Fsp3) is 0.375. The van der Waals surface area contributed by atoms with Gasteiger partial charge in [-0.15, -0.1) is 11.3 Å². The van der Waals surface area contributed by atoms with Gasteiger partial charge in [0.15, 0.2) is 0 Å². The van der Waals surface area contributed by atoms with Crippen molar-refractivity contribution in [1.82, 2.24) is 5.32 Å². The van der Waals surface area contributed by atoms with Crippen LogP contribution >= 0.6 is 27.3 Å². The molecule has 2 aromatic rings. The predicted molar refractivity (Wildman–Crippen MR) is 89.8 cm³/mol. The molecular formula is C16H20BrNOS. The molecule has 2 rings (SSSR count). The van der Waals surface area contributed by atoms with Crippen LogP contribution in [0.2, 0.25) is 0 Å². The van der Waals surface area contributed by atoms with Gasteiger partial charge in [0.1, 0.15) is 5.75 Å². The van der Waals surface area contributed by atoms with E-state index in [1.54, 1.807) is 7.11 Å². The minimum Gasteiger partial charge on any atom is -0.497 e. The van der Waals surface area contributed by atoms with Crippen molar-refractivity contribution in [2.75, 3.05) is 20.7 Å². The Morgan fingerprint density at radius 2 is 2.10 bits per heavy atom. The minimum atomic E-state index is 0.595. The second-order valence-corrected chi connectivity index (χ2v) is 7.44. The third-order valence-corrected chi connectivity index (χ3v) is 4.92. The van der Waals surface area contributed by atoms with E-state index in [1.807, 2.05) is 24.5 Å². The number of methoxy groups -OCH3 is 1. The smallest absolute Gasteiger partial charge is 0.119 e. The third kappa shape index (κ3) is 4.62. The zero-order valence-electron chi connectivity index (χ0n) is 11.9. The molecule has 1 heterocycles. The molecule has 20 heavy (non-hydrogen) atoms. The third-order valence-electron chi connectivity index (χ3n) is 3.27. The number of ether oxygens (including phenoxy) is 1. The van der Waals surface area contributed by atoms with Crippen LogP contribution in [-0.2, 0) is 12.8 Å². The average molecular weight is 354 g/mol. The largest absolute Gasteiger partial charge is 0.497 e. The molecule has 0 aliphatic rings. The van der Waals surface area contributed by atoms with Gasteiger partial charge in [-0.05, 0) is 78.1 Å². The molecule has 0 amide bonds. The van der Waals surface area contributed by atoms with Gasteiger partial charge in [-0.3, -0.25) is 0 Å². The number of halogens is 1. The highest BCUT2D eigenvalue weighted by molar-refractivity contribution is 9.11. The van der Waals surface area contributed by atoms with Gasteiger partial charge in [0.2, 0.25) is 0 Å². The summed E-state index contributed by atoms with van der Waals surface area (Å²) in [5, 5.41) is 3.31. The van der Waals surface area contributed by atoms with Gasteiger partial charge in [-0.1, -0.05) is 12.1 Å². The van der Waals surface area contributed by atoms with Gasteiger partial charge in [0.05, 0.1) is 10.9 Å². The van der Waals surface area contributed by atoms with Gasteiger partial charge >= 0.3 is 0 Å². The summed E-state index contributed by atoms with van der Waals surface area (Å²) in [5.74, 6) is 1.53. The molecule has 0 aliphatic heterocycles. The number of hydrogen-bond donors (Lipinski definition) is 1. The first-order valence-corrected chi connectivity index (χ1v) is 8.34. The van der Waals surface area contributed by atoms with Crippen LogP contribution in [0.3, 0.4) is 0 Å². The van der Waals surface area contributed by atoms with Crippen LogP contribution in [0.1, 0.15) is 10.4 Å². The van der Waals surface area contributed by atoms with Gasteiger partial charge in [0.25, 0.3) is 0 Å². The molecule has 0 radical (unpaired) electrons. The van der Waals surface area contributed by atoms with Gasteiger partial charge in [-0.25, -0.2) is 0 Å². The summed E-state index contributed by atoms with van der Waals surface area (Å²) in [5.41, 5.74) is 1.33. The molecule has 0 fully saturated rings. The highest BCUT2D eigenvalue weighted by Crippen LogP contribution is 2.26. The van der Waals surface area contributed by atoms with Crippen molar-refractivity contribution in [3.63, 3.8) is 0 Å². The standard InChI is InChI=1S/C16H20BrNOS/c1-18-11-13(10-15-6-7-16(17)20-15)8-12-4-3-5-14(9-12)19-2/h3-7,9,13,18H,8,10-11H2,1-2H3. The molecule has 2 nitrogen and oxygen atoms in total. The minimum absolute atomic E-state index is 0.595. The Bertz CT molecular complexity index is 541. The van der Waals surface area contributed by atoms with Gasteiger partial charge in [0, 0.05) is 4.88 Å². The maximum Gasteiger partial charge on any atom is 0.119 e. The zero-order chi connectivity index (χ0) is 14.4. The SMILES string of the molecule is CNCC(Cc1cccc(OC)c1)Cc1ccc(Br)s1. The average Bonchev–Trinajstić information content (AvgIpc) is 2.84. The van der Waals surface area contributed by atoms with Crippen molar-refractivity contribution in [3.8, 4) is 5.75 Å². The highest BCUT2D eigenvalue weighted by atomic mass is 79.9. The molecule has 1 N–H and O–H groups in total. The lowest BCUT2D eigenvalue weighted by Gasteiger charge is -2.16. The Morgan fingerprint density at radius 1 is 1.25 bits per heavy atom. The van der Waals surface area contributed by atoms with Crippen molar-refractivity contribution in [1.29, 1.82) is 0 Å². The molecule has 0 spiro atoms. The number of thiophene rings is 1. The van der Waals surface area contributed by atoms with E-state index in [9.17, 15) is 0 Å². The molecule has 108 valence electrons. The molecule has 0 saturated carbocycles. The zero-order valence-corrected chi connectivity index (χ0v) is 14.3. The molecule has 1 atom stereocenters. The summed E-state index contributed by atoms with van der Waals surface area (Å²) < 4.78 is 6.50. The van der Waals surface area contributed by atoms with E-state index in [0.29, 0.717) is 5.92 Å². The molecule has 1 aromatic heterocycles. The summed E-state index contributed by atoms with van der Waals surface area (Å²) >= 11 is 5.36. The van der Waals surface area contributed by atoms with E-state index >= 15 is 0 Å². The summed E-state index contributed by atoms with van der Waals surface area (Å²) in [6.07, 6.45) is 2.17. The molecule has 0 bridgehead atoms. The van der Waals surface area contributed by atoms with E-state index in [0.717, 1.165) is 25.1 Å². The molecule has 1 unspecified atom stereocenters. The van der Waals surface area contributed by atoms with E-state index in [-0.39, 0.29) is 0 Å². The van der Waals surface area contributed by atoms with Crippen molar-refractivity contribution < 1.29 is 4.74 Å². The maximum absolute atomic E-state index is 5.30. The Kier molecular flexibility index (Phi) is 6.07. The number of benzene rings is 1. The first-order valence-electron chi connectivity index (χ1n) is 6.73. The maximum atomic E-state index is 5.30. The lowest BCUT2D eigenvalue weighted by atomic mass is 9.95. The normalized spacial score (nSPS) is 12.3. The predicted octanol–water partition coefficient (Wildman–Crippen LogP) is 4.14. The van der Waals surface area contributed by atoms with Crippen molar-refractivity contribution >= 4 is 27.3 Å². The molecular weight excluding hydrogens is 334 g/mol.